The minimum atomic E-state index is 0. The minimum Gasteiger partial charge on any atom is -0.263 e. The maximum atomic E-state index is 3.44. The first kappa shape index (κ1) is 24.7. The maximum absolute atomic E-state index is 3.44. The third-order valence-corrected chi connectivity index (χ3v) is 5.12. The molecule has 0 amide bonds. The van der Waals surface area contributed by atoms with E-state index in [0.717, 1.165) is 0 Å². The third kappa shape index (κ3) is 5.77. The summed E-state index contributed by atoms with van der Waals surface area (Å²) in [4.78, 5) is 0. The van der Waals surface area contributed by atoms with Crippen LogP contribution in [0.25, 0.3) is 0 Å². The van der Waals surface area contributed by atoms with Gasteiger partial charge in [0.15, 0.2) is 0 Å². The van der Waals surface area contributed by atoms with Gasteiger partial charge in [0, 0.05) is 0 Å². The average Bonchev–Trinajstić information content (AvgIpc) is 2.72. The molecule has 23 heavy (non-hydrogen) atoms. The van der Waals surface area contributed by atoms with E-state index < -0.39 is 0 Å². The standard InChI is InChI=1S/2C10H15.C2H4.Ti/c2*1-7-6-10(4,5)9(3)8(7)2;1-2;/h2*1-5H3;1-2H2;/q2*-1;;+2. The van der Waals surface area contributed by atoms with Gasteiger partial charge in [0.2, 0.25) is 0 Å². The molecule has 0 saturated carbocycles. The van der Waals surface area contributed by atoms with Crippen LogP contribution in [-0.2, 0) is 21.7 Å². The van der Waals surface area contributed by atoms with E-state index in [2.05, 4.69) is 94.5 Å². The summed E-state index contributed by atoms with van der Waals surface area (Å²) in [7, 11) is 0. The van der Waals surface area contributed by atoms with E-state index in [0.29, 0.717) is 0 Å². The van der Waals surface area contributed by atoms with Gasteiger partial charge in [-0.2, -0.15) is 22.3 Å². The van der Waals surface area contributed by atoms with Crippen molar-refractivity contribution >= 4 is 0 Å². The molecule has 0 fully saturated rings. The predicted octanol–water partition coefficient (Wildman–Crippen LogP) is 7.02. The molecule has 0 spiro atoms. The van der Waals surface area contributed by atoms with E-state index in [-0.39, 0.29) is 32.5 Å². The Bertz CT molecular complexity index is 499. The molecule has 0 nitrogen and oxygen atoms in total. The topological polar surface area (TPSA) is 0 Å². The number of hydrogen-bond acceptors (Lipinski definition) is 0. The average molecular weight is 346 g/mol. The van der Waals surface area contributed by atoms with Crippen molar-refractivity contribution in [2.45, 2.75) is 69.2 Å². The summed E-state index contributed by atoms with van der Waals surface area (Å²) < 4.78 is 0. The summed E-state index contributed by atoms with van der Waals surface area (Å²) >= 11 is 0. The van der Waals surface area contributed by atoms with Crippen molar-refractivity contribution in [1.82, 2.24) is 0 Å². The van der Waals surface area contributed by atoms with Crippen molar-refractivity contribution in [2.75, 3.05) is 0 Å². The molecule has 0 heterocycles. The first-order chi connectivity index (χ1) is 9.90. The normalized spacial score (nSPS) is 20.6. The van der Waals surface area contributed by atoms with Gasteiger partial charge in [0.1, 0.15) is 0 Å². The molecule has 0 aromatic heterocycles. The van der Waals surface area contributed by atoms with Gasteiger partial charge in [-0.05, 0) is 0 Å². The number of allylic oxidation sites excluding steroid dienone is 8. The summed E-state index contributed by atoms with van der Waals surface area (Å²) in [5.74, 6) is 0. The Kier molecular flexibility index (Phi) is 9.70. The van der Waals surface area contributed by atoms with E-state index in [1.54, 1.807) is 0 Å². The fourth-order valence-electron chi connectivity index (χ4n) is 2.81. The first-order valence-corrected chi connectivity index (χ1v) is 8.00. The Morgan fingerprint density at radius 3 is 0.870 bits per heavy atom. The zero-order valence-corrected chi connectivity index (χ0v) is 18.5. The second-order valence-corrected chi connectivity index (χ2v) is 7.25. The molecular formula is C22H34Ti. The molecule has 0 N–H and O–H groups in total. The molecule has 0 aromatic rings. The number of hydrogen-bond donors (Lipinski definition) is 0. The first-order valence-electron chi connectivity index (χ1n) is 8.00. The van der Waals surface area contributed by atoms with Crippen LogP contribution in [0.15, 0.2) is 46.6 Å². The number of rotatable bonds is 0. The largest absolute Gasteiger partial charge is 2.00 e. The predicted molar refractivity (Wildman–Crippen MR) is 100 cm³/mol. The van der Waals surface area contributed by atoms with Crippen molar-refractivity contribution in [3.8, 4) is 0 Å². The summed E-state index contributed by atoms with van der Waals surface area (Å²) in [6.45, 7) is 27.8. The fourth-order valence-corrected chi connectivity index (χ4v) is 2.81. The van der Waals surface area contributed by atoms with Gasteiger partial charge in [-0.3, -0.25) is 12.2 Å². The molecular weight excluding hydrogens is 312 g/mol. The van der Waals surface area contributed by atoms with Gasteiger partial charge < -0.3 is 0 Å². The van der Waals surface area contributed by atoms with E-state index in [4.69, 9.17) is 0 Å². The zero-order chi connectivity index (χ0) is 17.9. The molecule has 0 bridgehead atoms. The monoisotopic (exact) mass is 346 g/mol. The van der Waals surface area contributed by atoms with Gasteiger partial charge in [0.25, 0.3) is 0 Å². The Labute approximate surface area is 160 Å². The summed E-state index contributed by atoms with van der Waals surface area (Å²) in [6.07, 6.45) is 6.87. The van der Waals surface area contributed by atoms with Crippen LogP contribution in [-0.4, -0.2) is 0 Å². The van der Waals surface area contributed by atoms with Gasteiger partial charge in [-0.15, -0.1) is 27.0 Å². The minimum absolute atomic E-state index is 0. The van der Waals surface area contributed by atoms with Gasteiger partial charge in [-0.25, -0.2) is 11.1 Å². The summed E-state index contributed by atoms with van der Waals surface area (Å²) in [5, 5.41) is 0. The molecule has 0 saturated heterocycles. The van der Waals surface area contributed by atoms with E-state index in [9.17, 15) is 0 Å². The van der Waals surface area contributed by atoms with Crippen LogP contribution in [0.1, 0.15) is 69.2 Å². The molecule has 0 aliphatic heterocycles. The van der Waals surface area contributed by atoms with Gasteiger partial charge >= 0.3 is 21.7 Å². The molecule has 2 rings (SSSR count). The Morgan fingerprint density at radius 2 is 0.826 bits per heavy atom. The molecule has 0 aromatic carbocycles. The van der Waals surface area contributed by atoms with Gasteiger partial charge in [0.05, 0.1) is 0 Å². The van der Waals surface area contributed by atoms with Crippen LogP contribution in [0.4, 0.5) is 0 Å². The van der Waals surface area contributed by atoms with Crippen molar-refractivity contribution in [3.63, 3.8) is 0 Å². The van der Waals surface area contributed by atoms with Crippen LogP contribution in [0.5, 0.6) is 0 Å². The van der Waals surface area contributed by atoms with E-state index >= 15 is 0 Å². The Morgan fingerprint density at radius 1 is 0.609 bits per heavy atom. The van der Waals surface area contributed by atoms with Crippen molar-refractivity contribution in [3.05, 3.63) is 58.7 Å². The SMILES string of the molecule is C=C.CC1=[C-]C(C)(C)C(C)=C1C.CC1=[C-]C(C)(C)C(C)=C1C.[Ti+2]. The van der Waals surface area contributed by atoms with Crippen LogP contribution < -0.4 is 0 Å². The summed E-state index contributed by atoms with van der Waals surface area (Å²) in [5.41, 5.74) is 8.79. The molecule has 2 aliphatic carbocycles. The Hall–Kier alpha value is -0.586. The van der Waals surface area contributed by atoms with Crippen LogP contribution in [0, 0.1) is 23.0 Å². The molecule has 0 unspecified atom stereocenters. The maximum Gasteiger partial charge on any atom is 2.00 e. The van der Waals surface area contributed by atoms with Crippen molar-refractivity contribution < 1.29 is 21.7 Å². The van der Waals surface area contributed by atoms with Crippen LogP contribution in [0.3, 0.4) is 0 Å². The smallest absolute Gasteiger partial charge is 0.263 e. The van der Waals surface area contributed by atoms with Crippen LogP contribution in [0.2, 0.25) is 0 Å². The molecule has 0 atom stereocenters. The van der Waals surface area contributed by atoms with E-state index in [1.807, 2.05) is 0 Å². The third-order valence-electron chi connectivity index (χ3n) is 5.12. The fraction of sp³-hybridized carbons (Fsp3) is 0.545. The zero-order valence-electron chi connectivity index (χ0n) is 16.9. The molecule has 2 aliphatic rings. The van der Waals surface area contributed by atoms with Gasteiger partial charge in [-0.1, -0.05) is 66.2 Å². The Balaban J connectivity index is 0. The molecule has 0 radical (unpaired) electrons. The summed E-state index contributed by atoms with van der Waals surface area (Å²) in [6, 6.07) is 0. The second kappa shape index (κ2) is 9.04. The quantitative estimate of drug-likeness (QED) is 0.251. The molecule has 1 heteroatoms. The van der Waals surface area contributed by atoms with Crippen molar-refractivity contribution in [2.24, 2.45) is 10.8 Å². The van der Waals surface area contributed by atoms with E-state index in [1.165, 1.54) is 33.4 Å². The molecule has 126 valence electrons. The van der Waals surface area contributed by atoms with Crippen LogP contribution >= 0.6 is 0 Å². The van der Waals surface area contributed by atoms with Crippen molar-refractivity contribution in [1.29, 1.82) is 0 Å². The second-order valence-electron chi connectivity index (χ2n) is 7.25.